The van der Waals surface area contributed by atoms with E-state index >= 15 is 0 Å². The molecule has 0 bridgehead atoms. The molecule has 0 atom stereocenters. The van der Waals surface area contributed by atoms with Crippen molar-refractivity contribution >= 4 is 31.1 Å². The van der Waals surface area contributed by atoms with E-state index in [0.717, 1.165) is 18.4 Å². The lowest BCUT2D eigenvalue weighted by molar-refractivity contribution is 0.465. The van der Waals surface area contributed by atoms with Crippen molar-refractivity contribution in [1.29, 1.82) is 0 Å². The summed E-state index contributed by atoms with van der Waals surface area (Å²) in [7, 11) is -7.56. The van der Waals surface area contributed by atoms with Crippen molar-refractivity contribution in [3.63, 3.8) is 0 Å². The molecule has 15 heavy (non-hydrogen) atoms. The largest absolute Gasteiger partial charge is 0.281 e. The molecule has 0 aromatic rings. The van der Waals surface area contributed by atoms with Crippen molar-refractivity contribution in [3.8, 4) is 0 Å². The maximum Gasteiger partial charge on any atom is 0.281 e. The molecule has 92 valence electrons. The van der Waals surface area contributed by atoms with E-state index in [2.05, 4.69) is 16.1 Å². The smallest absolute Gasteiger partial charge is 0.199 e. The van der Waals surface area contributed by atoms with Crippen LogP contribution in [-0.2, 0) is 34.8 Å². The summed E-state index contributed by atoms with van der Waals surface area (Å²) in [4.78, 5) is 0. The topological polar surface area (TPSA) is 77.5 Å². The van der Waals surface area contributed by atoms with Crippen molar-refractivity contribution in [2.45, 2.75) is 12.8 Å². The van der Waals surface area contributed by atoms with Crippen LogP contribution in [-0.4, -0.2) is 47.1 Å². The molecule has 0 aliphatic heterocycles. The summed E-state index contributed by atoms with van der Waals surface area (Å²) >= 11 is 0. The molecule has 0 amide bonds. The molecule has 0 aliphatic rings. The van der Waals surface area contributed by atoms with Gasteiger partial charge in [-0.2, -0.15) is 16.8 Å². The highest BCUT2D eigenvalue weighted by Gasteiger charge is 2.18. The monoisotopic (exact) mass is 277 g/mol. The van der Waals surface area contributed by atoms with E-state index in [4.69, 9.17) is 0 Å². The molecule has 0 unspecified atom stereocenters. The average molecular weight is 277 g/mol. The van der Waals surface area contributed by atoms with Crippen LogP contribution in [0.4, 0.5) is 0 Å². The lowest BCUT2D eigenvalue weighted by Crippen LogP contribution is -2.16. The fourth-order valence-electron chi connectivity index (χ4n) is 0.892. The number of rotatable bonds is 7. The molecule has 0 aromatic carbocycles. The Morgan fingerprint density at radius 3 is 2.00 bits per heavy atom. The van der Waals surface area contributed by atoms with Gasteiger partial charge in [-0.05, 0) is 23.7 Å². The van der Waals surface area contributed by atoms with Gasteiger partial charge >= 0.3 is 0 Å². The Balaban J connectivity index is 3.97. The van der Waals surface area contributed by atoms with Gasteiger partial charge in [-0.25, -0.2) is 0 Å². The summed E-state index contributed by atoms with van der Waals surface area (Å²) in [6, 6.07) is 0. The summed E-state index contributed by atoms with van der Waals surface area (Å²) in [5.74, 6) is 0.714. The first kappa shape index (κ1) is 15.2. The molecule has 0 saturated carbocycles. The summed E-state index contributed by atoms with van der Waals surface area (Å²) in [6.45, 7) is 0. The van der Waals surface area contributed by atoms with Gasteiger partial charge in [0.15, 0.2) is 0 Å². The van der Waals surface area contributed by atoms with Crippen LogP contribution in [0.1, 0.15) is 12.8 Å². The molecule has 0 aromatic heterocycles. The Morgan fingerprint density at radius 2 is 1.60 bits per heavy atom. The highest BCUT2D eigenvalue weighted by atomic mass is 32.3. The first-order chi connectivity index (χ1) is 6.62. The Hall–Kier alpha value is 0.210. The first-order valence-corrected chi connectivity index (χ1v) is 9.91. The molecule has 8 heteroatoms. The van der Waals surface area contributed by atoms with Gasteiger partial charge in [0.05, 0.1) is 24.5 Å². The molecule has 0 spiro atoms. The number of hydrogen-bond donors (Lipinski definition) is 0. The quantitative estimate of drug-likeness (QED) is 0.481. The average Bonchev–Trinajstić information content (AvgIpc) is 1.93. The number of hydrogen-bond acceptors (Lipinski definition) is 5. The molecular formula is C7H17O5S3+. The zero-order chi connectivity index (χ0) is 12.1. The highest BCUT2D eigenvalue weighted by molar-refractivity contribution is 7.99. The van der Waals surface area contributed by atoms with Crippen molar-refractivity contribution in [2.75, 3.05) is 30.3 Å². The molecule has 0 heterocycles. The molecule has 5 nitrogen and oxygen atoms in total. The van der Waals surface area contributed by atoms with Gasteiger partial charge < -0.3 is 0 Å². The van der Waals surface area contributed by atoms with Crippen molar-refractivity contribution in [2.24, 2.45) is 0 Å². The Morgan fingerprint density at radius 1 is 1.07 bits per heavy atom. The van der Waals surface area contributed by atoms with Crippen LogP contribution in [0, 0.1) is 0 Å². The predicted molar refractivity (Wildman–Crippen MR) is 63.0 cm³/mol. The number of unbranched alkanes of at least 4 members (excludes halogenated alkanes) is 1. The van der Waals surface area contributed by atoms with E-state index in [1.165, 1.54) is 0 Å². The zero-order valence-electron chi connectivity index (χ0n) is 9.09. The first-order valence-electron chi connectivity index (χ1n) is 4.30. The summed E-state index contributed by atoms with van der Waals surface area (Å²) in [6.07, 6.45) is 6.06. The Bertz CT molecular complexity index is 367. The lowest BCUT2D eigenvalue weighted by Gasteiger charge is -2.02. The van der Waals surface area contributed by atoms with Gasteiger partial charge in [0.2, 0.25) is 0 Å². The molecule has 0 radical (unpaired) electrons. The molecular weight excluding hydrogens is 260 g/mol. The normalized spacial score (nSPS) is 13.3. The third-order valence-corrected chi connectivity index (χ3v) is 5.14. The standard InChI is InChI=1S/C7H17O5S3/c1-13(2)6-4-5-7-15(10,11)12-14(3,8)9/h4-7H2,1-3H3/q+1. The second kappa shape index (κ2) is 6.07. The van der Waals surface area contributed by atoms with E-state index in [1.807, 2.05) is 0 Å². The molecule has 0 N–H and O–H groups in total. The predicted octanol–water partition coefficient (Wildman–Crippen LogP) is -0.0495. The fraction of sp³-hybridized carbons (Fsp3) is 1.00. The maximum absolute atomic E-state index is 11.1. The lowest BCUT2D eigenvalue weighted by atomic mass is 10.4. The van der Waals surface area contributed by atoms with Crippen LogP contribution in [0.15, 0.2) is 0 Å². The minimum absolute atomic E-state index is 0.239. The van der Waals surface area contributed by atoms with E-state index in [0.29, 0.717) is 6.42 Å². The fourth-order valence-corrected chi connectivity index (χ4v) is 4.01. The highest BCUT2D eigenvalue weighted by Crippen LogP contribution is 2.04. The summed E-state index contributed by atoms with van der Waals surface area (Å²) in [5, 5.41) is 0. The van der Waals surface area contributed by atoms with Crippen molar-refractivity contribution in [3.05, 3.63) is 0 Å². The van der Waals surface area contributed by atoms with Crippen LogP contribution in [0.2, 0.25) is 0 Å². The SMILES string of the molecule is C[S+](C)CCCCS(=O)(=O)OS(C)(=O)=O. The van der Waals surface area contributed by atoms with E-state index in [-0.39, 0.29) is 16.6 Å². The minimum Gasteiger partial charge on any atom is -0.199 e. The third-order valence-electron chi connectivity index (χ3n) is 1.42. The van der Waals surface area contributed by atoms with Crippen LogP contribution >= 0.6 is 0 Å². The van der Waals surface area contributed by atoms with E-state index < -0.39 is 20.2 Å². The van der Waals surface area contributed by atoms with Crippen LogP contribution in [0.25, 0.3) is 0 Å². The van der Waals surface area contributed by atoms with E-state index in [1.54, 1.807) is 0 Å². The molecule has 0 fully saturated rings. The molecule has 0 saturated heterocycles. The summed E-state index contributed by atoms with van der Waals surface area (Å²) in [5.41, 5.74) is 0. The van der Waals surface area contributed by atoms with Gasteiger partial charge in [0.1, 0.15) is 5.75 Å². The third kappa shape index (κ3) is 10.5. The van der Waals surface area contributed by atoms with E-state index in [9.17, 15) is 16.8 Å². The Kier molecular flexibility index (Phi) is 6.16. The second-order valence-corrected chi connectivity index (χ2v) is 9.29. The minimum atomic E-state index is -3.92. The van der Waals surface area contributed by atoms with Crippen LogP contribution in [0.3, 0.4) is 0 Å². The van der Waals surface area contributed by atoms with Crippen molar-refractivity contribution < 1.29 is 20.5 Å². The van der Waals surface area contributed by atoms with Gasteiger partial charge in [-0.3, -0.25) is 0 Å². The summed E-state index contributed by atoms with van der Waals surface area (Å²) < 4.78 is 47.3. The Labute approximate surface area is 94.8 Å². The maximum atomic E-state index is 11.1. The molecule has 0 rings (SSSR count). The second-order valence-electron chi connectivity index (χ2n) is 3.43. The van der Waals surface area contributed by atoms with Gasteiger partial charge in [-0.15, -0.1) is 3.63 Å². The van der Waals surface area contributed by atoms with Crippen LogP contribution < -0.4 is 0 Å². The van der Waals surface area contributed by atoms with Crippen LogP contribution in [0.5, 0.6) is 0 Å². The zero-order valence-corrected chi connectivity index (χ0v) is 11.5. The van der Waals surface area contributed by atoms with Gasteiger partial charge in [0.25, 0.3) is 20.2 Å². The molecule has 0 aliphatic carbocycles. The van der Waals surface area contributed by atoms with Crippen molar-refractivity contribution in [1.82, 2.24) is 0 Å². The van der Waals surface area contributed by atoms with Gasteiger partial charge in [-0.1, -0.05) is 0 Å². The van der Waals surface area contributed by atoms with Gasteiger partial charge in [0, 0.05) is 0 Å².